The Labute approximate surface area is 141 Å². The third kappa shape index (κ3) is 5.78. The summed E-state index contributed by atoms with van der Waals surface area (Å²) in [4.78, 5) is 24.7. The summed E-state index contributed by atoms with van der Waals surface area (Å²) >= 11 is 1.39. The molecule has 126 valence electrons. The number of rotatable bonds is 5. The van der Waals surface area contributed by atoms with E-state index >= 15 is 0 Å². The number of benzene rings is 1. The number of nitrogens with one attached hydrogen (secondary N) is 2. The lowest BCUT2D eigenvalue weighted by Crippen LogP contribution is -2.48. The molecule has 1 aromatic carbocycles. The van der Waals surface area contributed by atoms with Crippen molar-refractivity contribution in [2.75, 3.05) is 12.9 Å². The maximum Gasteiger partial charge on any atom is 0.321 e. The fraction of sp³-hybridized carbons (Fsp3) is 0.529. The Hall–Kier alpha value is -1.69. The lowest BCUT2D eigenvalue weighted by molar-refractivity contribution is -0.117. The summed E-state index contributed by atoms with van der Waals surface area (Å²) in [7, 11) is 1.61. The van der Waals surface area contributed by atoms with E-state index in [0.717, 1.165) is 29.9 Å². The first kappa shape index (κ1) is 17.7. The number of urea groups is 1. The van der Waals surface area contributed by atoms with Crippen LogP contribution >= 0.6 is 11.8 Å². The standard InChI is InChI=1S/C17H24N2O3S/c1-12-5-3-4-6-15(12)18-17(21)19-16(20)11-23-14-9-7-13(22-2)8-10-14/h7-10,12,15H,3-6,11H2,1-2H3,(H2,18,19,20,21). The first-order valence-corrected chi connectivity index (χ1v) is 8.94. The monoisotopic (exact) mass is 336 g/mol. The van der Waals surface area contributed by atoms with Crippen LogP contribution in [0.3, 0.4) is 0 Å². The third-order valence-corrected chi connectivity index (χ3v) is 5.12. The first-order chi connectivity index (χ1) is 11.1. The van der Waals surface area contributed by atoms with Gasteiger partial charge in [0.15, 0.2) is 0 Å². The zero-order valence-electron chi connectivity index (χ0n) is 13.6. The Morgan fingerprint density at radius 1 is 1.22 bits per heavy atom. The lowest BCUT2D eigenvalue weighted by atomic mass is 9.86. The van der Waals surface area contributed by atoms with Crippen LogP contribution in [0.2, 0.25) is 0 Å². The summed E-state index contributed by atoms with van der Waals surface area (Å²) in [5, 5.41) is 5.32. The number of hydrogen-bond acceptors (Lipinski definition) is 4. The van der Waals surface area contributed by atoms with E-state index in [2.05, 4.69) is 17.6 Å². The number of amides is 3. The van der Waals surface area contributed by atoms with Crippen LogP contribution in [0.5, 0.6) is 5.75 Å². The molecule has 2 N–H and O–H groups in total. The molecule has 0 heterocycles. The molecule has 0 aliphatic heterocycles. The number of carbonyl (C=O) groups is 2. The number of methoxy groups -OCH3 is 1. The van der Waals surface area contributed by atoms with Gasteiger partial charge in [-0.15, -0.1) is 11.8 Å². The summed E-state index contributed by atoms with van der Waals surface area (Å²) in [5.41, 5.74) is 0. The van der Waals surface area contributed by atoms with Crippen LogP contribution in [-0.4, -0.2) is 30.8 Å². The molecule has 0 spiro atoms. The molecule has 1 saturated carbocycles. The lowest BCUT2D eigenvalue weighted by Gasteiger charge is -2.29. The second kappa shape index (κ2) is 8.82. The van der Waals surface area contributed by atoms with E-state index in [9.17, 15) is 9.59 Å². The molecule has 0 bridgehead atoms. The van der Waals surface area contributed by atoms with Crippen molar-refractivity contribution in [3.63, 3.8) is 0 Å². The van der Waals surface area contributed by atoms with Crippen molar-refractivity contribution in [3.05, 3.63) is 24.3 Å². The zero-order chi connectivity index (χ0) is 16.7. The van der Waals surface area contributed by atoms with Gasteiger partial charge in [0, 0.05) is 10.9 Å². The van der Waals surface area contributed by atoms with Crippen molar-refractivity contribution in [1.82, 2.24) is 10.6 Å². The molecule has 1 aromatic rings. The summed E-state index contributed by atoms with van der Waals surface area (Å²) in [5.74, 6) is 1.17. The summed E-state index contributed by atoms with van der Waals surface area (Å²) in [6, 6.07) is 7.26. The number of ether oxygens (including phenoxy) is 1. The maximum absolute atomic E-state index is 11.9. The van der Waals surface area contributed by atoms with Crippen molar-refractivity contribution in [2.24, 2.45) is 5.92 Å². The fourth-order valence-electron chi connectivity index (χ4n) is 2.72. The Morgan fingerprint density at radius 3 is 2.57 bits per heavy atom. The molecular formula is C17H24N2O3S. The van der Waals surface area contributed by atoms with Gasteiger partial charge in [0.2, 0.25) is 5.91 Å². The predicted octanol–water partition coefficient (Wildman–Crippen LogP) is 3.19. The van der Waals surface area contributed by atoms with Crippen LogP contribution in [0, 0.1) is 5.92 Å². The van der Waals surface area contributed by atoms with Crippen LogP contribution in [-0.2, 0) is 4.79 Å². The molecule has 6 heteroatoms. The normalized spacial score (nSPS) is 20.6. The molecule has 5 nitrogen and oxygen atoms in total. The highest BCUT2D eigenvalue weighted by Gasteiger charge is 2.23. The van der Waals surface area contributed by atoms with Crippen LogP contribution in [0.15, 0.2) is 29.2 Å². The minimum absolute atomic E-state index is 0.172. The SMILES string of the molecule is COc1ccc(SCC(=O)NC(=O)NC2CCCCC2C)cc1. The fourth-order valence-corrected chi connectivity index (χ4v) is 3.42. The average molecular weight is 336 g/mol. The van der Waals surface area contributed by atoms with Crippen LogP contribution in [0.25, 0.3) is 0 Å². The second-order valence-corrected chi connectivity index (χ2v) is 6.90. The molecular weight excluding hydrogens is 312 g/mol. The van der Waals surface area contributed by atoms with Crippen molar-refractivity contribution < 1.29 is 14.3 Å². The molecule has 2 rings (SSSR count). The smallest absolute Gasteiger partial charge is 0.321 e. The highest BCUT2D eigenvalue weighted by Crippen LogP contribution is 2.23. The highest BCUT2D eigenvalue weighted by molar-refractivity contribution is 8.00. The number of imide groups is 1. The van der Waals surface area contributed by atoms with Gasteiger partial charge in [-0.05, 0) is 43.0 Å². The topological polar surface area (TPSA) is 67.4 Å². The molecule has 0 saturated heterocycles. The molecule has 0 aromatic heterocycles. The van der Waals surface area contributed by atoms with Crippen molar-refractivity contribution >= 4 is 23.7 Å². The van der Waals surface area contributed by atoms with Crippen molar-refractivity contribution in [1.29, 1.82) is 0 Å². The molecule has 3 amide bonds. The van der Waals surface area contributed by atoms with E-state index in [1.54, 1.807) is 7.11 Å². The highest BCUT2D eigenvalue weighted by atomic mass is 32.2. The molecule has 23 heavy (non-hydrogen) atoms. The molecule has 1 fully saturated rings. The Kier molecular flexibility index (Phi) is 6.77. The van der Waals surface area contributed by atoms with Gasteiger partial charge in [-0.3, -0.25) is 10.1 Å². The van der Waals surface area contributed by atoms with E-state index in [-0.39, 0.29) is 23.7 Å². The zero-order valence-corrected chi connectivity index (χ0v) is 14.4. The quantitative estimate of drug-likeness (QED) is 0.810. The first-order valence-electron chi connectivity index (χ1n) is 7.95. The maximum atomic E-state index is 11.9. The van der Waals surface area contributed by atoms with Crippen molar-refractivity contribution in [2.45, 2.75) is 43.5 Å². The van der Waals surface area contributed by atoms with Gasteiger partial charge in [-0.25, -0.2) is 4.79 Å². The average Bonchev–Trinajstić information content (AvgIpc) is 2.55. The molecule has 0 radical (unpaired) electrons. The Bertz CT molecular complexity index is 533. The van der Waals surface area contributed by atoms with Gasteiger partial charge in [0.05, 0.1) is 12.9 Å². The van der Waals surface area contributed by atoms with Gasteiger partial charge in [0.1, 0.15) is 5.75 Å². The Morgan fingerprint density at radius 2 is 1.91 bits per heavy atom. The summed E-state index contributed by atoms with van der Waals surface area (Å²) in [6.07, 6.45) is 4.48. The molecule has 1 aliphatic rings. The molecule has 1 aliphatic carbocycles. The largest absolute Gasteiger partial charge is 0.497 e. The van der Waals surface area contributed by atoms with E-state index in [4.69, 9.17) is 4.74 Å². The van der Waals surface area contributed by atoms with Gasteiger partial charge in [-0.2, -0.15) is 0 Å². The molecule has 2 unspecified atom stereocenters. The predicted molar refractivity (Wildman–Crippen MR) is 91.8 cm³/mol. The number of thioether (sulfide) groups is 1. The van der Waals surface area contributed by atoms with Crippen LogP contribution < -0.4 is 15.4 Å². The van der Waals surface area contributed by atoms with Gasteiger partial charge < -0.3 is 10.1 Å². The van der Waals surface area contributed by atoms with Gasteiger partial charge in [0.25, 0.3) is 0 Å². The third-order valence-electron chi connectivity index (χ3n) is 4.11. The van der Waals surface area contributed by atoms with Gasteiger partial charge >= 0.3 is 6.03 Å². The number of carbonyl (C=O) groups excluding carboxylic acids is 2. The summed E-state index contributed by atoms with van der Waals surface area (Å²) < 4.78 is 5.09. The minimum Gasteiger partial charge on any atom is -0.497 e. The summed E-state index contributed by atoms with van der Waals surface area (Å²) in [6.45, 7) is 2.14. The van der Waals surface area contributed by atoms with E-state index in [1.165, 1.54) is 18.2 Å². The van der Waals surface area contributed by atoms with E-state index in [1.807, 2.05) is 24.3 Å². The Balaban J connectivity index is 1.71. The minimum atomic E-state index is -0.385. The van der Waals surface area contributed by atoms with Gasteiger partial charge in [-0.1, -0.05) is 19.8 Å². The van der Waals surface area contributed by atoms with Crippen molar-refractivity contribution in [3.8, 4) is 5.75 Å². The van der Waals surface area contributed by atoms with E-state index < -0.39 is 0 Å². The van der Waals surface area contributed by atoms with E-state index in [0.29, 0.717) is 5.92 Å². The van der Waals surface area contributed by atoms with Crippen LogP contribution in [0.1, 0.15) is 32.6 Å². The number of hydrogen-bond donors (Lipinski definition) is 2. The molecule has 2 atom stereocenters. The second-order valence-electron chi connectivity index (χ2n) is 5.85. The van der Waals surface area contributed by atoms with Crippen LogP contribution in [0.4, 0.5) is 4.79 Å².